The fourth-order valence-electron chi connectivity index (χ4n) is 3.88. The maximum absolute atomic E-state index is 12.9. The van der Waals surface area contributed by atoms with Crippen LogP contribution in [0.15, 0.2) is 36.4 Å². The summed E-state index contributed by atoms with van der Waals surface area (Å²) in [4.78, 5) is 51.7. The number of ether oxygens (including phenoxy) is 1. The van der Waals surface area contributed by atoms with Gasteiger partial charge in [0.1, 0.15) is 6.04 Å². The molecule has 0 unspecified atom stereocenters. The number of benzene rings is 1. The van der Waals surface area contributed by atoms with Gasteiger partial charge in [-0.25, -0.2) is 4.79 Å². The minimum atomic E-state index is -1.03. The number of amides is 3. The van der Waals surface area contributed by atoms with Gasteiger partial charge in [-0.15, -0.1) is 0 Å². The molecule has 3 atom stereocenters. The van der Waals surface area contributed by atoms with Gasteiger partial charge in [0.25, 0.3) is 5.91 Å². The van der Waals surface area contributed by atoms with Crippen LogP contribution >= 0.6 is 11.6 Å². The Labute approximate surface area is 180 Å². The lowest BCUT2D eigenvalue weighted by Crippen LogP contribution is -2.47. The molecule has 7 nitrogen and oxygen atoms in total. The predicted octanol–water partition coefficient (Wildman–Crippen LogP) is 3.19. The first-order valence-corrected chi connectivity index (χ1v) is 10.4. The number of imide groups is 1. The predicted molar refractivity (Wildman–Crippen MR) is 111 cm³/mol. The molecule has 0 aromatic heterocycles. The van der Waals surface area contributed by atoms with Crippen LogP contribution in [0.5, 0.6) is 0 Å². The van der Waals surface area contributed by atoms with E-state index in [1.165, 1.54) is 0 Å². The molecule has 1 saturated heterocycles. The molecular weight excluding hydrogens is 408 g/mol. The van der Waals surface area contributed by atoms with Crippen molar-refractivity contribution >= 4 is 41.0 Å². The fourth-order valence-corrected chi connectivity index (χ4v) is 4.07. The van der Waals surface area contributed by atoms with Gasteiger partial charge in [-0.05, 0) is 43.4 Å². The lowest BCUT2D eigenvalue weighted by molar-refractivity contribution is -0.160. The molecule has 160 valence electrons. The maximum atomic E-state index is 12.9. The summed E-state index contributed by atoms with van der Waals surface area (Å²) in [6, 6.07) is 5.55. The second-order valence-electron chi connectivity index (χ2n) is 8.01. The minimum absolute atomic E-state index is 0.0455. The van der Waals surface area contributed by atoms with Crippen molar-refractivity contribution < 1.29 is 23.9 Å². The van der Waals surface area contributed by atoms with Crippen LogP contribution in [0.1, 0.15) is 33.1 Å². The van der Waals surface area contributed by atoms with Gasteiger partial charge in [-0.3, -0.25) is 19.3 Å². The summed E-state index contributed by atoms with van der Waals surface area (Å²) < 4.78 is 5.19. The number of fused-ring (bicyclic) bond motifs is 1. The Morgan fingerprint density at radius 2 is 1.80 bits per heavy atom. The second-order valence-corrected chi connectivity index (χ2v) is 8.45. The third-order valence-electron chi connectivity index (χ3n) is 5.27. The number of carbonyl (C=O) groups is 4. The number of hydrogen-bond donors (Lipinski definition) is 1. The first-order valence-electron chi connectivity index (χ1n) is 10.0. The zero-order valence-electron chi connectivity index (χ0n) is 17.0. The molecule has 0 saturated carbocycles. The van der Waals surface area contributed by atoms with Gasteiger partial charge in [0.2, 0.25) is 11.8 Å². The van der Waals surface area contributed by atoms with Crippen LogP contribution in [0.25, 0.3) is 0 Å². The topological polar surface area (TPSA) is 92.8 Å². The molecule has 1 fully saturated rings. The SMILES string of the molecule is CC(C)C[C@H](C(=O)OCC(=O)Nc1cccc(Cl)c1)N1C(=O)[C@H]2CC=CC[C@H]2C1=O. The summed E-state index contributed by atoms with van der Waals surface area (Å²) in [5.41, 5.74) is 0.476. The molecule has 0 spiro atoms. The largest absolute Gasteiger partial charge is 0.454 e. The summed E-state index contributed by atoms with van der Waals surface area (Å²) in [5.74, 6) is -2.75. The van der Waals surface area contributed by atoms with Gasteiger partial charge in [-0.2, -0.15) is 0 Å². The van der Waals surface area contributed by atoms with Crippen molar-refractivity contribution in [2.45, 2.75) is 39.2 Å². The summed E-state index contributed by atoms with van der Waals surface area (Å²) in [5, 5.41) is 3.05. The molecule has 1 N–H and O–H groups in total. The number of carbonyl (C=O) groups excluding carboxylic acids is 4. The molecule has 1 aromatic carbocycles. The van der Waals surface area contributed by atoms with Crippen molar-refractivity contribution in [1.29, 1.82) is 0 Å². The van der Waals surface area contributed by atoms with Gasteiger partial charge in [0, 0.05) is 10.7 Å². The van der Waals surface area contributed by atoms with Crippen molar-refractivity contribution in [3.05, 3.63) is 41.4 Å². The Bertz CT molecular complexity index is 856. The zero-order valence-corrected chi connectivity index (χ0v) is 17.7. The highest BCUT2D eigenvalue weighted by molar-refractivity contribution is 6.30. The highest BCUT2D eigenvalue weighted by Crippen LogP contribution is 2.37. The maximum Gasteiger partial charge on any atom is 0.329 e. The number of hydrogen-bond acceptors (Lipinski definition) is 5. The number of nitrogens with zero attached hydrogens (tertiary/aromatic N) is 1. The van der Waals surface area contributed by atoms with E-state index >= 15 is 0 Å². The third kappa shape index (κ3) is 4.90. The van der Waals surface area contributed by atoms with Crippen LogP contribution in [0.2, 0.25) is 5.02 Å². The average molecular weight is 433 g/mol. The highest BCUT2D eigenvalue weighted by atomic mass is 35.5. The quantitative estimate of drug-likeness (QED) is 0.406. The molecule has 1 aromatic rings. The van der Waals surface area contributed by atoms with E-state index in [1.54, 1.807) is 24.3 Å². The number of nitrogens with one attached hydrogen (secondary N) is 1. The number of esters is 1. The Hall–Kier alpha value is -2.67. The molecule has 2 aliphatic rings. The summed E-state index contributed by atoms with van der Waals surface area (Å²) >= 11 is 5.89. The highest BCUT2D eigenvalue weighted by Gasteiger charge is 2.51. The van der Waals surface area contributed by atoms with E-state index in [0.29, 0.717) is 23.6 Å². The van der Waals surface area contributed by atoms with Crippen LogP contribution in [-0.2, 0) is 23.9 Å². The normalized spacial score (nSPS) is 21.5. The van der Waals surface area contributed by atoms with Gasteiger partial charge in [0.05, 0.1) is 11.8 Å². The Morgan fingerprint density at radius 1 is 1.17 bits per heavy atom. The average Bonchev–Trinajstić information content (AvgIpc) is 2.95. The lowest BCUT2D eigenvalue weighted by atomic mass is 9.85. The van der Waals surface area contributed by atoms with Crippen molar-refractivity contribution in [3.63, 3.8) is 0 Å². The molecule has 0 bridgehead atoms. The first kappa shape index (κ1) is 22.0. The molecule has 3 rings (SSSR count). The van der Waals surface area contributed by atoms with Gasteiger partial charge in [0.15, 0.2) is 6.61 Å². The Balaban J connectivity index is 1.66. The van der Waals surface area contributed by atoms with Gasteiger partial charge < -0.3 is 10.1 Å². The molecule has 8 heteroatoms. The molecule has 1 aliphatic carbocycles. The fraction of sp³-hybridized carbons (Fsp3) is 0.455. The standard InChI is InChI=1S/C22H25ClN2O5/c1-13(2)10-18(25-20(27)16-8-3-4-9-17(16)21(25)28)22(29)30-12-19(26)24-15-7-5-6-14(23)11-15/h3-7,11,13,16-18H,8-10,12H2,1-2H3,(H,24,26)/t16-,17+,18-/m1/s1. The zero-order chi connectivity index (χ0) is 21.8. The number of allylic oxidation sites excluding steroid dienone is 2. The smallest absolute Gasteiger partial charge is 0.329 e. The van der Waals surface area contributed by atoms with E-state index in [4.69, 9.17) is 16.3 Å². The summed E-state index contributed by atoms with van der Waals surface area (Å²) in [6.07, 6.45) is 5.06. The number of anilines is 1. The van der Waals surface area contributed by atoms with Gasteiger partial charge >= 0.3 is 5.97 Å². The number of rotatable bonds is 7. The van der Waals surface area contributed by atoms with Crippen molar-refractivity contribution in [2.75, 3.05) is 11.9 Å². The molecular formula is C22H25ClN2O5. The van der Waals surface area contributed by atoms with E-state index in [2.05, 4.69) is 5.32 Å². The third-order valence-corrected chi connectivity index (χ3v) is 5.51. The van der Waals surface area contributed by atoms with Crippen LogP contribution in [0, 0.1) is 17.8 Å². The number of halogens is 1. The number of likely N-dealkylation sites (tertiary alicyclic amines) is 1. The molecule has 3 amide bonds. The summed E-state index contributed by atoms with van der Waals surface area (Å²) in [6.45, 7) is 3.27. The first-order chi connectivity index (χ1) is 14.3. The van der Waals surface area contributed by atoms with Crippen molar-refractivity contribution in [1.82, 2.24) is 4.90 Å². The Kier molecular flexibility index (Phi) is 6.92. The molecule has 1 aliphatic heterocycles. The van der Waals surface area contributed by atoms with E-state index in [0.717, 1.165) is 4.90 Å². The second kappa shape index (κ2) is 9.43. The van der Waals surface area contributed by atoms with E-state index < -0.39 is 36.4 Å². The van der Waals surface area contributed by atoms with Crippen molar-refractivity contribution in [2.24, 2.45) is 17.8 Å². The van der Waals surface area contributed by atoms with E-state index in [-0.39, 0.29) is 24.2 Å². The van der Waals surface area contributed by atoms with Crippen LogP contribution in [0.4, 0.5) is 5.69 Å². The molecule has 1 heterocycles. The monoisotopic (exact) mass is 432 g/mol. The minimum Gasteiger partial charge on any atom is -0.454 e. The molecule has 0 radical (unpaired) electrons. The lowest BCUT2D eigenvalue weighted by Gasteiger charge is -2.26. The van der Waals surface area contributed by atoms with Crippen LogP contribution < -0.4 is 5.32 Å². The van der Waals surface area contributed by atoms with Crippen LogP contribution in [-0.4, -0.2) is 41.2 Å². The Morgan fingerprint density at radius 3 is 2.37 bits per heavy atom. The summed E-state index contributed by atoms with van der Waals surface area (Å²) in [7, 11) is 0. The van der Waals surface area contributed by atoms with E-state index in [9.17, 15) is 19.2 Å². The van der Waals surface area contributed by atoms with E-state index in [1.807, 2.05) is 26.0 Å². The van der Waals surface area contributed by atoms with Crippen LogP contribution in [0.3, 0.4) is 0 Å². The van der Waals surface area contributed by atoms with Crippen molar-refractivity contribution in [3.8, 4) is 0 Å². The molecule has 30 heavy (non-hydrogen) atoms. The van der Waals surface area contributed by atoms with Gasteiger partial charge in [-0.1, -0.05) is 43.7 Å².